The van der Waals surface area contributed by atoms with Crippen molar-refractivity contribution in [2.75, 3.05) is 20.2 Å². The Bertz CT molecular complexity index is 218. The quantitative estimate of drug-likeness (QED) is 0.656. The van der Waals surface area contributed by atoms with Gasteiger partial charge in [0.05, 0.1) is 7.11 Å². The van der Waals surface area contributed by atoms with Crippen LogP contribution in [0.3, 0.4) is 0 Å². The molecular weight excluding hydrogens is 184 g/mol. The lowest BCUT2D eigenvalue weighted by Gasteiger charge is -2.19. The maximum absolute atomic E-state index is 11.5. The van der Waals surface area contributed by atoms with Crippen LogP contribution in [0, 0.1) is 0 Å². The standard InChI is InChI=1S/C9H16N2O3/c1-14-10-8(12)7-11-6-4-2-3-5-9(11)13/h2-7H2,1H3,(H,10,12). The first-order chi connectivity index (χ1) is 6.74. The van der Waals surface area contributed by atoms with Crippen molar-refractivity contribution in [1.82, 2.24) is 10.4 Å². The van der Waals surface area contributed by atoms with Gasteiger partial charge in [0, 0.05) is 13.0 Å². The molecule has 5 nitrogen and oxygen atoms in total. The monoisotopic (exact) mass is 200 g/mol. The summed E-state index contributed by atoms with van der Waals surface area (Å²) < 4.78 is 0. The predicted molar refractivity (Wildman–Crippen MR) is 50.2 cm³/mol. The average molecular weight is 200 g/mol. The zero-order valence-electron chi connectivity index (χ0n) is 8.41. The van der Waals surface area contributed by atoms with Gasteiger partial charge in [-0.15, -0.1) is 0 Å². The van der Waals surface area contributed by atoms with E-state index < -0.39 is 0 Å². The van der Waals surface area contributed by atoms with Crippen molar-refractivity contribution in [2.45, 2.75) is 25.7 Å². The van der Waals surface area contributed by atoms with Crippen molar-refractivity contribution in [2.24, 2.45) is 0 Å². The highest BCUT2D eigenvalue weighted by Gasteiger charge is 2.18. The molecule has 0 spiro atoms. The molecule has 80 valence electrons. The first-order valence-corrected chi connectivity index (χ1v) is 4.83. The van der Waals surface area contributed by atoms with Crippen molar-refractivity contribution in [3.05, 3.63) is 0 Å². The van der Waals surface area contributed by atoms with E-state index in [9.17, 15) is 9.59 Å². The third-order valence-corrected chi connectivity index (χ3v) is 2.22. The number of hydroxylamine groups is 1. The molecule has 0 bridgehead atoms. The van der Waals surface area contributed by atoms with Crippen LogP contribution in [0.5, 0.6) is 0 Å². The third kappa shape index (κ3) is 3.33. The summed E-state index contributed by atoms with van der Waals surface area (Å²) in [6, 6.07) is 0. The molecule has 1 saturated heterocycles. The number of nitrogens with one attached hydrogen (secondary N) is 1. The molecule has 0 aromatic carbocycles. The lowest BCUT2D eigenvalue weighted by atomic mass is 10.2. The molecule has 0 radical (unpaired) electrons. The lowest BCUT2D eigenvalue weighted by molar-refractivity contribution is -0.140. The summed E-state index contributed by atoms with van der Waals surface area (Å²) >= 11 is 0. The Labute approximate surface area is 83.4 Å². The van der Waals surface area contributed by atoms with Gasteiger partial charge in [0.25, 0.3) is 5.91 Å². The molecule has 2 amide bonds. The highest BCUT2D eigenvalue weighted by Crippen LogP contribution is 2.10. The lowest BCUT2D eigenvalue weighted by Crippen LogP contribution is -2.40. The minimum absolute atomic E-state index is 0.0637. The van der Waals surface area contributed by atoms with Crippen LogP contribution < -0.4 is 5.48 Å². The fraction of sp³-hybridized carbons (Fsp3) is 0.778. The first kappa shape index (κ1) is 11.0. The molecule has 0 unspecified atom stereocenters. The molecule has 0 saturated carbocycles. The normalized spacial score (nSPS) is 17.8. The molecule has 5 heteroatoms. The third-order valence-electron chi connectivity index (χ3n) is 2.22. The fourth-order valence-electron chi connectivity index (χ4n) is 1.53. The number of amides is 2. The van der Waals surface area contributed by atoms with Gasteiger partial charge in [0.2, 0.25) is 5.91 Å². The summed E-state index contributed by atoms with van der Waals surface area (Å²) in [5, 5.41) is 0. The average Bonchev–Trinajstić information content (AvgIpc) is 2.33. The van der Waals surface area contributed by atoms with E-state index in [1.807, 2.05) is 0 Å². The summed E-state index contributed by atoms with van der Waals surface area (Å²) in [5.41, 5.74) is 2.20. The highest BCUT2D eigenvalue weighted by molar-refractivity contribution is 5.84. The van der Waals surface area contributed by atoms with Crippen LogP contribution in [-0.2, 0) is 14.4 Å². The smallest absolute Gasteiger partial charge is 0.263 e. The van der Waals surface area contributed by atoms with Gasteiger partial charge >= 0.3 is 0 Å². The molecule has 1 fully saturated rings. The van der Waals surface area contributed by atoms with Crippen molar-refractivity contribution < 1.29 is 14.4 Å². The van der Waals surface area contributed by atoms with Gasteiger partial charge < -0.3 is 4.90 Å². The van der Waals surface area contributed by atoms with Gasteiger partial charge in [0.1, 0.15) is 6.54 Å². The van der Waals surface area contributed by atoms with Crippen LogP contribution in [0.4, 0.5) is 0 Å². The molecule has 0 aromatic heterocycles. The topological polar surface area (TPSA) is 58.6 Å². The predicted octanol–water partition coefficient (Wildman–Crippen LogP) is 0.0666. The van der Waals surface area contributed by atoms with E-state index in [1.165, 1.54) is 7.11 Å². The second kappa shape index (κ2) is 5.59. The molecule has 1 rings (SSSR count). The van der Waals surface area contributed by atoms with E-state index in [-0.39, 0.29) is 18.4 Å². The van der Waals surface area contributed by atoms with E-state index in [0.717, 1.165) is 19.3 Å². The first-order valence-electron chi connectivity index (χ1n) is 4.83. The Morgan fingerprint density at radius 2 is 2.29 bits per heavy atom. The SMILES string of the molecule is CONC(=O)CN1CCCCCC1=O. The number of nitrogens with zero attached hydrogens (tertiary/aromatic N) is 1. The van der Waals surface area contributed by atoms with Crippen LogP contribution in [0.2, 0.25) is 0 Å². The second-order valence-electron chi connectivity index (χ2n) is 3.36. The summed E-state index contributed by atoms with van der Waals surface area (Å²) in [4.78, 5) is 28.7. The number of hydrogen-bond donors (Lipinski definition) is 1. The van der Waals surface area contributed by atoms with Crippen LogP contribution in [0.1, 0.15) is 25.7 Å². The molecule has 0 aliphatic carbocycles. The van der Waals surface area contributed by atoms with Crippen LogP contribution in [-0.4, -0.2) is 36.9 Å². The van der Waals surface area contributed by atoms with Crippen LogP contribution in [0.15, 0.2) is 0 Å². The Hall–Kier alpha value is -1.10. The zero-order chi connectivity index (χ0) is 10.4. The molecular formula is C9H16N2O3. The Morgan fingerprint density at radius 3 is 3.00 bits per heavy atom. The highest BCUT2D eigenvalue weighted by atomic mass is 16.6. The molecule has 1 heterocycles. The number of carbonyl (C=O) groups is 2. The second-order valence-corrected chi connectivity index (χ2v) is 3.36. The largest absolute Gasteiger partial charge is 0.333 e. The number of hydrogen-bond acceptors (Lipinski definition) is 3. The van der Waals surface area contributed by atoms with Crippen molar-refractivity contribution in [1.29, 1.82) is 0 Å². The van der Waals surface area contributed by atoms with E-state index in [4.69, 9.17) is 0 Å². The van der Waals surface area contributed by atoms with Crippen molar-refractivity contribution >= 4 is 11.8 Å². The summed E-state index contributed by atoms with van der Waals surface area (Å²) in [7, 11) is 1.38. The minimum Gasteiger partial charge on any atom is -0.333 e. The zero-order valence-corrected chi connectivity index (χ0v) is 8.41. The maximum Gasteiger partial charge on any atom is 0.263 e. The van der Waals surface area contributed by atoms with Crippen LogP contribution in [0.25, 0.3) is 0 Å². The van der Waals surface area contributed by atoms with Crippen molar-refractivity contribution in [3.8, 4) is 0 Å². The summed E-state index contributed by atoms with van der Waals surface area (Å²) in [5.74, 6) is -0.212. The Morgan fingerprint density at radius 1 is 1.50 bits per heavy atom. The van der Waals surface area contributed by atoms with Crippen molar-refractivity contribution in [3.63, 3.8) is 0 Å². The number of rotatable bonds is 3. The minimum atomic E-state index is -0.275. The van der Waals surface area contributed by atoms with Gasteiger partial charge in [0.15, 0.2) is 0 Å². The van der Waals surface area contributed by atoms with Gasteiger partial charge in [-0.2, -0.15) is 0 Å². The fourth-order valence-corrected chi connectivity index (χ4v) is 1.53. The number of carbonyl (C=O) groups excluding carboxylic acids is 2. The van der Waals surface area contributed by atoms with E-state index in [1.54, 1.807) is 4.90 Å². The molecule has 14 heavy (non-hydrogen) atoms. The molecule has 0 aromatic rings. The van der Waals surface area contributed by atoms with Gasteiger partial charge in [-0.25, -0.2) is 5.48 Å². The summed E-state index contributed by atoms with van der Waals surface area (Å²) in [6.45, 7) is 0.780. The van der Waals surface area contributed by atoms with E-state index >= 15 is 0 Å². The van der Waals surface area contributed by atoms with Gasteiger partial charge in [-0.05, 0) is 12.8 Å². The molecule has 1 N–H and O–H groups in total. The van der Waals surface area contributed by atoms with Gasteiger partial charge in [-0.1, -0.05) is 6.42 Å². The van der Waals surface area contributed by atoms with E-state index in [0.29, 0.717) is 13.0 Å². The van der Waals surface area contributed by atoms with Gasteiger partial charge in [-0.3, -0.25) is 14.4 Å². The summed E-state index contributed by atoms with van der Waals surface area (Å²) in [6.07, 6.45) is 3.53. The van der Waals surface area contributed by atoms with E-state index in [2.05, 4.69) is 10.3 Å². The molecule has 0 atom stereocenters. The molecule has 1 aliphatic heterocycles. The van der Waals surface area contributed by atoms with Crippen LogP contribution >= 0.6 is 0 Å². The Balaban J connectivity index is 2.40. The number of likely N-dealkylation sites (tertiary alicyclic amines) is 1. The molecule has 1 aliphatic rings. The maximum atomic E-state index is 11.5. The Kier molecular flexibility index (Phi) is 4.39.